The van der Waals surface area contributed by atoms with Gasteiger partial charge in [-0.05, 0) is 0 Å². The summed E-state index contributed by atoms with van der Waals surface area (Å²) >= 11 is 5.59. The summed E-state index contributed by atoms with van der Waals surface area (Å²) in [5.41, 5.74) is 5.14. The number of rotatable bonds is 2. The quantitative estimate of drug-likeness (QED) is 0.525. The number of hydrogen-bond donors (Lipinski definition) is 2. The van der Waals surface area contributed by atoms with Gasteiger partial charge in [-0.25, -0.2) is 0 Å². The summed E-state index contributed by atoms with van der Waals surface area (Å²) in [6.07, 6.45) is 2.80. The summed E-state index contributed by atoms with van der Waals surface area (Å²) in [6, 6.07) is 0. The summed E-state index contributed by atoms with van der Waals surface area (Å²) < 4.78 is 10.4. The zero-order chi connectivity index (χ0) is 9.68. The zero-order valence-corrected chi connectivity index (χ0v) is 8.01. The van der Waals surface area contributed by atoms with Gasteiger partial charge in [0.15, 0.2) is 0 Å². The Bertz CT molecular complexity index is 212. The average Bonchev–Trinajstić information content (AvgIpc) is 2.18. The molecule has 74 valence electrons. The van der Waals surface area contributed by atoms with Crippen molar-refractivity contribution in [2.45, 2.75) is 18.9 Å². The third kappa shape index (κ3) is 3.24. The molecule has 0 amide bonds. The van der Waals surface area contributed by atoms with Crippen molar-refractivity contribution < 1.29 is 9.47 Å². The lowest BCUT2D eigenvalue weighted by Gasteiger charge is -2.22. The van der Waals surface area contributed by atoms with E-state index in [1.54, 1.807) is 0 Å². The third-order valence-corrected chi connectivity index (χ3v) is 2.11. The second-order valence-corrected chi connectivity index (χ2v) is 3.18. The minimum absolute atomic E-state index is 0.0370. The number of hydrogen-bond acceptors (Lipinski definition) is 4. The van der Waals surface area contributed by atoms with Crippen LogP contribution in [0.5, 0.6) is 0 Å². The number of halogens is 1. The Kier molecular flexibility index (Phi) is 4.05. The fraction of sp³-hybridized carbons (Fsp3) is 0.625. The first-order valence-electron chi connectivity index (χ1n) is 4.14. The van der Waals surface area contributed by atoms with Gasteiger partial charge in [-0.3, -0.25) is 5.41 Å². The first-order valence-corrected chi connectivity index (χ1v) is 4.52. The Hall–Kier alpha value is -0.740. The molecule has 1 aliphatic heterocycles. The van der Waals surface area contributed by atoms with Crippen LogP contribution < -0.4 is 5.73 Å². The highest BCUT2D eigenvalue weighted by Crippen LogP contribution is 2.13. The smallest absolute Gasteiger partial charge is 0.226 e. The molecule has 0 aromatic carbocycles. The van der Waals surface area contributed by atoms with E-state index in [9.17, 15) is 0 Å². The van der Waals surface area contributed by atoms with E-state index in [0.29, 0.717) is 13.2 Å². The Morgan fingerprint density at radius 3 is 2.69 bits per heavy atom. The van der Waals surface area contributed by atoms with E-state index < -0.39 is 0 Å². The molecule has 1 rings (SSSR count). The maximum absolute atomic E-state index is 7.39. The van der Waals surface area contributed by atoms with E-state index in [1.807, 2.05) is 0 Å². The van der Waals surface area contributed by atoms with E-state index in [-0.39, 0.29) is 17.0 Å². The Morgan fingerprint density at radius 2 is 2.15 bits per heavy atom. The van der Waals surface area contributed by atoms with Crippen LogP contribution in [0.2, 0.25) is 0 Å². The molecular formula is C8H13ClN2O2. The largest absolute Gasteiger partial charge is 0.473 e. The molecule has 0 bridgehead atoms. The molecule has 0 aromatic heterocycles. The van der Waals surface area contributed by atoms with Crippen LogP contribution in [-0.4, -0.2) is 25.2 Å². The molecular weight excluding hydrogens is 192 g/mol. The topological polar surface area (TPSA) is 68.3 Å². The molecule has 0 aliphatic carbocycles. The Morgan fingerprint density at radius 1 is 1.54 bits per heavy atom. The van der Waals surface area contributed by atoms with Crippen LogP contribution >= 0.6 is 11.6 Å². The molecule has 1 aliphatic rings. The zero-order valence-electron chi connectivity index (χ0n) is 7.25. The first kappa shape index (κ1) is 10.3. The molecule has 0 spiro atoms. The summed E-state index contributed by atoms with van der Waals surface area (Å²) in [4.78, 5) is 0. The second kappa shape index (κ2) is 5.09. The minimum Gasteiger partial charge on any atom is -0.473 e. The summed E-state index contributed by atoms with van der Waals surface area (Å²) in [5, 5.41) is 7.53. The first-order chi connectivity index (χ1) is 6.24. The van der Waals surface area contributed by atoms with Crippen molar-refractivity contribution in [3.8, 4) is 0 Å². The SMILES string of the molecule is N=C(OC1CCOCC1)/C(Cl)=C\N. The number of nitrogens with one attached hydrogen (secondary N) is 1. The average molecular weight is 205 g/mol. The standard InChI is InChI=1S/C8H13ClN2O2/c9-7(5-10)8(11)13-6-1-3-12-4-2-6/h5-6,11H,1-4,10H2/b7-5+,11-8?. The molecule has 1 saturated heterocycles. The molecule has 3 N–H and O–H groups in total. The predicted octanol–water partition coefficient (Wildman–Crippen LogP) is 1.20. The second-order valence-electron chi connectivity index (χ2n) is 2.77. The lowest BCUT2D eigenvalue weighted by Crippen LogP contribution is -2.26. The fourth-order valence-corrected chi connectivity index (χ4v) is 1.14. The van der Waals surface area contributed by atoms with Gasteiger partial charge in [0.1, 0.15) is 11.1 Å². The molecule has 0 aromatic rings. The summed E-state index contributed by atoms with van der Waals surface area (Å²) in [5.74, 6) is -0.0592. The minimum atomic E-state index is -0.0592. The maximum atomic E-state index is 7.39. The van der Waals surface area contributed by atoms with Gasteiger partial charge in [-0.2, -0.15) is 0 Å². The van der Waals surface area contributed by atoms with Gasteiger partial charge in [0, 0.05) is 19.0 Å². The molecule has 0 radical (unpaired) electrons. The molecule has 5 heteroatoms. The van der Waals surface area contributed by atoms with E-state index in [2.05, 4.69) is 0 Å². The monoisotopic (exact) mass is 204 g/mol. The van der Waals surface area contributed by atoms with Gasteiger partial charge >= 0.3 is 0 Å². The van der Waals surface area contributed by atoms with Gasteiger partial charge in [0.25, 0.3) is 0 Å². The Balaban J connectivity index is 2.34. The van der Waals surface area contributed by atoms with E-state index in [1.165, 1.54) is 0 Å². The predicted molar refractivity (Wildman–Crippen MR) is 50.8 cm³/mol. The van der Waals surface area contributed by atoms with Crippen LogP contribution in [0.1, 0.15) is 12.8 Å². The molecule has 4 nitrogen and oxygen atoms in total. The van der Waals surface area contributed by atoms with Crippen molar-refractivity contribution in [1.82, 2.24) is 0 Å². The van der Waals surface area contributed by atoms with Crippen LogP contribution in [-0.2, 0) is 9.47 Å². The van der Waals surface area contributed by atoms with Gasteiger partial charge in [-0.15, -0.1) is 0 Å². The van der Waals surface area contributed by atoms with Gasteiger partial charge in [0.05, 0.1) is 13.2 Å². The third-order valence-electron chi connectivity index (χ3n) is 1.82. The maximum Gasteiger partial charge on any atom is 0.226 e. The van der Waals surface area contributed by atoms with Gasteiger partial charge < -0.3 is 15.2 Å². The number of ether oxygens (including phenoxy) is 2. The van der Waals surface area contributed by atoms with Crippen molar-refractivity contribution >= 4 is 17.5 Å². The van der Waals surface area contributed by atoms with Crippen LogP contribution in [0.3, 0.4) is 0 Å². The van der Waals surface area contributed by atoms with Crippen LogP contribution in [0.4, 0.5) is 0 Å². The van der Waals surface area contributed by atoms with E-state index in [0.717, 1.165) is 19.0 Å². The van der Waals surface area contributed by atoms with E-state index in [4.69, 9.17) is 32.2 Å². The highest BCUT2D eigenvalue weighted by atomic mass is 35.5. The molecule has 0 unspecified atom stereocenters. The highest BCUT2D eigenvalue weighted by Gasteiger charge is 2.17. The molecule has 1 fully saturated rings. The molecule has 1 heterocycles. The van der Waals surface area contributed by atoms with Crippen molar-refractivity contribution in [3.63, 3.8) is 0 Å². The van der Waals surface area contributed by atoms with Crippen LogP contribution in [0.25, 0.3) is 0 Å². The van der Waals surface area contributed by atoms with Crippen molar-refractivity contribution in [2.75, 3.05) is 13.2 Å². The Labute approximate surface area is 82.2 Å². The lowest BCUT2D eigenvalue weighted by molar-refractivity contribution is 0.0203. The normalized spacial score (nSPS) is 19.9. The highest BCUT2D eigenvalue weighted by molar-refractivity contribution is 6.41. The lowest BCUT2D eigenvalue weighted by atomic mass is 10.1. The summed E-state index contributed by atoms with van der Waals surface area (Å²) in [6.45, 7) is 1.36. The van der Waals surface area contributed by atoms with Crippen molar-refractivity contribution in [2.24, 2.45) is 5.73 Å². The van der Waals surface area contributed by atoms with Crippen LogP contribution in [0, 0.1) is 5.41 Å². The van der Waals surface area contributed by atoms with Crippen molar-refractivity contribution in [3.05, 3.63) is 11.2 Å². The molecule has 0 atom stereocenters. The number of nitrogens with two attached hydrogens (primary N) is 1. The van der Waals surface area contributed by atoms with Gasteiger partial charge in [0.2, 0.25) is 5.90 Å². The molecule has 13 heavy (non-hydrogen) atoms. The van der Waals surface area contributed by atoms with Crippen molar-refractivity contribution in [1.29, 1.82) is 5.41 Å². The molecule has 0 saturated carbocycles. The fourth-order valence-electron chi connectivity index (χ4n) is 1.09. The van der Waals surface area contributed by atoms with Crippen LogP contribution in [0.15, 0.2) is 11.2 Å². The summed E-state index contributed by atoms with van der Waals surface area (Å²) in [7, 11) is 0. The van der Waals surface area contributed by atoms with E-state index >= 15 is 0 Å². The van der Waals surface area contributed by atoms with Gasteiger partial charge in [-0.1, -0.05) is 11.6 Å².